The molecule has 2 bridgehead atoms. The van der Waals surface area contributed by atoms with Crippen LogP contribution in [-0.4, -0.2) is 101 Å². The topological polar surface area (TPSA) is 112 Å². The second-order valence-corrected chi connectivity index (χ2v) is 10.3. The van der Waals surface area contributed by atoms with Gasteiger partial charge < -0.3 is 20.3 Å². The van der Waals surface area contributed by atoms with E-state index in [-0.39, 0.29) is 5.91 Å². The van der Waals surface area contributed by atoms with E-state index in [0.29, 0.717) is 43.6 Å². The number of anilines is 4. The third-order valence-corrected chi connectivity index (χ3v) is 7.55. The molecule has 6 rings (SSSR count). The summed E-state index contributed by atoms with van der Waals surface area (Å²) in [7, 11) is 2.21. The molecular formula is C27H33N9O2. The lowest BCUT2D eigenvalue weighted by molar-refractivity contribution is -0.118. The van der Waals surface area contributed by atoms with E-state index in [9.17, 15) is 4.79 Å². The van der Waals surface area contributed by atoms with Gasteiger partial charge in [-0.05, 0) is 50.2 Å². The van der Waals surface area contributed by atoms with Crippen molar-refractivity contribution < 1.29 is 9.53 Å². The van der Waals surface area contributed by atoms with Crippen molar-refractivity contribution in [2.75, 3.05) is 68.5 Å². The quantitative estimate of drug-likeness (QED) is 0.485. The average Bonchev–Trinajstić information content (AvgIpc) is 3.50. The minimum Gasteiger partial charge on any atom is -0.379 e. The van der Waals surface area contributed by atoms with Crippen molar-refractivity contribution in [1.29, 1.82) is 0 Å². The highest BCUT2D eigenvalue weighted by atomic mass is 16.5. The number of fused-ring (bicyclic) bond motifs is 2. The van der Waals surface area contributed by atoms with Crippen molar-refractivity contribution >= 4 is 29.2 Å². The Kier molecular flexibility index (Phi) is 6.88. The number of hydrogen-bond acceptors (Lipinski definition) is 10. The molecule has 0 spiro atoms. The van der Waals surface area contributed by atoms with Crippen LogP contribution in [0.25, 0.3) is 11.3 Å². The number of likely N-dealkylation sites (N-methyl/N-ethyl adjacent to an activating group) is 1. The Morgan fingerprint density at radius 1 is 1.08 bits per heavy atom. The number of aromatic nitrogens is 4. The van der Waals surface area contributed by atoms with Gasteiger partial charge in [0.15, 0.2) is 0 Å². The monoisotopic (exact) mass is 515 g/mol. The molecule has 3 aliphatic rings. The predicted molar refractivity (Wildman–Crippen MR) is 146 cm³/mol. The highest BCUT2D eigenvalue weighted by Gasteiger charge is 2.42. The smallest absolute Gasteiger partial charge is 0.239 e. The van der Waals surface area contributed by atoms with Gasteiger partial charge in [-0.3, -0.25) is 14.6 Å². The van der Waals surface area contributed by atoms with Gasteiger partial charge in [-0.2, -0.15) is 0 Å². The summed E-state index contributed by atoms with van der Waals surface area (Å²) in [6, 6.07) is 8.80. The maximum atomic E-state index is 12.3. The molecule has 3 aliphatic heterocycles. The zero-order valence-corrected chi connectivity index (χ0v) is 21.8. The van der Waals surface area contributed by atoms with Crippen LogP contribution in [0.1, 0.15) is 12.0 Å². The summed E-state index contributed by atoms with van der Waals surface area (Å²) in [5.74, 6) is 1.98. The molecule has 11 heteroatoms. The lowest BCUT2D eigenvalue weighted by Gasteiger charge is -2.33. The first kappa shape index (κ1) is 24.7. The van der Waals surface area contributed by atoms with Crippen molar-refractivity contribution in [3.63, 3.8) is 0 Å². The Bertz CT molecular complexity index is 1290. The summed E-state index contributed by atoms with van der Waals surface area (Å²) < 4.78 is 5.33. The van der Waals surface area contributed by atoms with E-state index < -0.39 is 0 Å². The Morgan fingerprint density at radius 3 is 2.66 bits per heavy atom. The third kappa shape index (κ3) is 5.31. The SMILES string of the molecule is Cc1cc(Nc2nccc(-c3ccc(NC(=O)CN4CCOCC4)nc3)n2)cnc1N1C[C@@H]2C[C@H]1CN2C. The maximum Gasteiger partial charge on any atom is 0.239 e. The molecular weight excluding hydrogens is 482 g/mol. The van der Waals surface area contributed by atoms with Gasteiger partial charge in [0.2, 0.25) is 11.9 Å². The second kappa shape index (κ2) is 10.6. The fraction of sp³-hybridized carbons (Fsp3) is 0.444. The van der Waals surface area contributed by atoms with Gasteiger partial charge in [0.25, 0.3) is 0 Å². The number of morpholine rings is 1. The summed E-state index contributed by atoms with van der Waals surface area (Å²) in [6.45, 7) is 7.43. The lowest BCUT2D eigenvalue weighted by Crippen LogP contribution is -2.45. The molecule has 3 saturated heterocycles. The van der Waals surface area contributed by atoms with Crippen molar-refractivity contribution in [3.8, 4) is 11.3 Å². The number of rotatable bonds is 7. The van der Waals surface area contributed by atoms with Gasteiger partial charge in [0.1, 0.15) is 11.6 Å². The number of aryl methyl sites for hydroxylation is 1. The molecule has 2 N–H and O–H groups in total. The van der Waals surface area contributed by atoms with Crippen molar-refractivity contribution in [2.24, 2.45) is 0 Å². The first-order valence-electron chi connectivity index (χ1n) is 13.1. The molecule has 3 aromatic rings. The Morgan fingerprint density at radius 2 is 1.95 bits per heavy atom. The molecule has 11 nitrogen and oxygen atoms in total. The van der Waals surface area contributed by atoms with Crippen LogP contribution in [0.15, 0.2) is 42.9 Å². The largest absolute Gasteiger partial charge is 0.379 e. The van der Waals surface area contributed by atoms with E-state index in [1.165, 1.54) is 6.42 Å². The number of nitrogens with one attached hydrogen (secondary N) is 2. The maximum absolute atomic E-state index is 12.3. The normalized spacial score (nSPS) is 21.6. The lowest BCUT2D eigenvalue weighted by atomic mass is 10.2. The Labute approximate surface area is 222 Å². The number of ether oxygens (including phenoxy) is 1. The molecule has 6 heterocycles. The van der Waals surface area contributed by atoms with E-state index in [0.717, 1.165) is 54.5 Å². The number of piperazine rings is 1. The van der Waals surface area contributed by atoms with Crippen LogP contribution in [0.2, 0.25) is 0 Å². The molecule has 0 saturated carbocycles. The molecule has 0 aliphatic carbocycles. The molecule has 198 valence electrons. The summed E-state index contributed by atoms with van der Waals surface area (Å²) in [6.07, 6.45) is 6.49. The fourth-order valence-electron chi connectivity index (χ4n) is 5.53. The number of amides is 1. The third-order valence-electron chi connectivity index (χ3n) is 7.55. The van der Waals surface area contributed by atoms with Crippen LogP contribution < -0.4 is 15.5 Å². The minimum absolute atomic E-state index is 0.0832. The first-order valence-corrected chi connectivity index (χ1v) is 13.1. The number of nitrogens with zero attached hydrogens (tertiary/aromatic N) is 7. The Hall–Kier alpha value is -3.67. The zero-order valence-electron chi connectivity index (χ0n) is 21.8. The van der Waals surface area contributed by atoms with Crippen LogP contribution in [0.4, 0.5) is 23.3 Å². The summed E-state index contributed by atoms with van der Waals surface area (Å²) in [4.78, 5) is 37.6. The minimum atomic E-state index is -0.0832. The van der Waals surface area contributed by atoms with Crippen LogP contribution in [0, 0.1) is 6.92 Å². The first-order chi connectivity index (χ1) is 18.5. The molecule has 0 radical (unpaired) electrons. The molecule has 0 aromatic carbocycles. The predicted octanol–water partition coefficient (Wildman–Crippen LogP) is 2.15. The number of likely N-dealkylation sites (tertiary alicyclic amines) is 1. The van der Waals surface area contributed by atoms with E-state index in [4.69, 9.17) is 9.72 Å². The number of carbonyl (C=O) groups excluding carboxylic acids is 1. The molecule has 3 fully saturated rings. The fourth-order valence-corrected chi connectivity index (χ4v) is 5.53. The van der Waals surface area contributed by atoms with Crippen LogP contribution in [0.5, 0.6) is 0 Å². The van der Waals surface area contributed by atoms with Crippen LogP contribution >= 0.6 is 0 Å². The number of hydrogen-bond donors (Lipinski definition) is 2. The van der Waals surface area contributed by atoms with Crippen molar-refractivity contribution in [1.82, 2.24) is 29.7 Å². The van der Waals surface area contributed by atoms with Crippen molar-refractivity contribution in [3.05, 3.63) is 48.4 Å². The summed E-state index contributed by atoms with van der Waals surface area (Å²) >= 11 is 0. The molecule has 0 unspecified atom stereocenters. The van der Waals surface area contributed by atoms with Crippen LogP contribution in [0.3, 0.4) is 0 Å². The van der Waals surface area contributed by atoms with E-state index in [2.05, 4.69) is 60.3 Å². The van der Waals surface area contributed by atoms with Gasteiger partial charge in [-0.15, -0.1) is 0 Å². The molecule has 1 amide bonds. The van der Waals surface area contributed by atoms with Gasteiger partial charge in [0.05, 0.1) is 37.3 Å². The molecule has 2 atom stereocenters. The highest BCUT2D eigenvalue weighted by Crippen LogP contribution is 2.34. The van der Waals surface area contributed by atoms with Gasteiger partial charge in [-0.1, -0.05) is 0 Å². The molecule has 3 aromatic heterocycles. The standard InChI is InChI=1S/C27H33N9O2/c1-18-11-20(14-30-26(18)36-16-21-12-22(36)15-34(21)2)31-27-28-6-5-23(32-27)19-3-4-24(29-13-19)33-25(37)17-35-7-9-38-10-8-35/h3-6,11,13-14,21-22H,7-10,12,15-17H2,1-2H3,(H,28,31,32)(H,29,33,37)/t21-,22-/m0/s1. The van der Waals surface area contributed by atoms with E-state index >= 15 is 0 Å². The second-order valence-electron chi connectivity index (χ2n) is 10.3. The van der Waals surface area contributed by atoms with Gasteiger partial charge >= 0.3 is 0 Å². The number of carbonyl (C=O) groups is 1. The average molecular weight is 516 g/mol. The highest BCUT2D eigenvalue weighted by molar-refractivity contribution is 5.91. The van der Waals surface area contributed by atoms with Crippen LogP contribution in [-0.2, 0) is 9.53 Å². The summed E-state index contributed by atoms with van der Waals surface area (Å²) in [5, 5.41) is 6.15. The van der Waals surface area contributed by atoms with E-state index in [1.54, 1.807) is 18.5 Å². The summed E-state index contributed by atoms with van der Waals surface area (Å²) in [5.41, 5.74) is 3.55. The Balaban J connectivity index is 1.08. The van der Waals surface area contributed by atoms with E-state index in [1.807, 2.05) is 18.3 Å². The molecule has 38 heavy (non-hydrogen) atoms. The van der Waals surface area contributed by atoms with Gasteiger partial charge in [-0.25, -0.2) is 19.9 Å². The number of pyridine rings is 2. The van der Waals surface area contributed by atoms with Gasteiger partial charge in [0, 0.05) is 56.2 Å². The zero-order chi connectivity index (χ0) is 26.1. The van der Waals surface area contributed by atoms with Crippen molar-refractivity contribution in [2.45, 2.75) is 25.4 Å².